The van der Waals surface area contributed by atoms with Crippen molar-refractivity contribution in [2.75, 3.05) is 18.4 Å². The van der Waals surface area contributed by atoms with Crippen LogP contribution in [0.4, 0.5) is 10.1 Å². The third-order valence-electron chi connectivity index (χ3n) is 9.62. The van der Waals surface area contributed by atoms with E-state index in [1.807, 2.05) is 6.07 Å². The fourth-order valence-electron chi connectivity index (χ4n) is 7.87. The fourth-order valence-corrected chi connectivity index (χ4v) is 7.87. The zero-order chi connectivity index (χ0) is 25.4. The van der Waals surface area contributed by atoms with Crippen LogP contribution in [0.5, 0.6) is 5.75 Å². The highest BCUT2D eigenvalue weighted by molar-refractivity contribution is 5.81. The first-order valence-corrected chi connectivity index (χ1v) is 13.5. The number of likely N-dealkylation sites (tertiary alicyclic amines) is 1. The van der Waals surface area contributed by atoms with Crippen molar-refractivity contribution in [2.24, 2.45) is 5.92 Å². The van der Waals surface area contributed by atoms with E-state index in [0.717, 1.165) is 43.0 Å². The summed E-state index contributed by atoms with van der Waals surface area (Å²) in [7, 11) is 0. The number of aliphatic hydroxyl groups is 1. The van der Waals surface area contributed by atoms with Gasteiger partial charge in [-0.3, -0.25) is 14.5 Å². The lowest BCUT2D eigenvalue weighted by Gasteiger charge is -2.64. The molecule has 2 bridgehead atoms. The molecule has 2 amide bonds. The van der Waals surface area contributed by atoms with Crippen molar-refractivity contribution < 1.29 is 23.8 Å². The first-order chi connectivity index (χ1) is 17.9. The zero-order valence-electron chi connectivity index (χ0n) is 20.7. The Morgan fingerprint density at radius 1 is 1.16 bits per heavy atom. The summed E-state index contributed by atoms with van der Waals surface area (Å²) < 4.78 is 20.0. The van der Waals surface area contributed by atoms with Gasteiger partial charge in [0.1, 0.15) is 17.7 Å². The zero-order valence-corrected chi connectivity index (χ0v) is 20.7. The largest absolute Gasteiger partial charge is 0.485 e. The number of nitrogens with one attached hydrogen (secondary N) is 2. The summed E-state index contributed by atoms with van der Waals surface area (Å²) in [5.74, 6) is 0.888. The van der Waals surface area contributed by atoms with E-state index in [-0.39, 0.29) is 30.2 Å². The van der Waals surface area contributed by atoms with Gasteiger partial charge in [0.25, 0.3) is 0 Å². The van der Waals surface area contributed by atoms with Gasteiger partial charge < -0.3 is 20.5 Å². The lowest BCUT2D eigenvalue weighted by Crippen LogP contribution is -2.78. The summed E-state index contributed by atoms with van der Waals surface area (Å²) in [5, 5.41) is 18.6. The molecule has 2 saturated carbocycles. The highest BCUT2D eigenvalue weighted by Crippen LogP contribution is 2.65. The Morgan fingerprint density at radius 3 is 2.73 bits per heavy atom. The van der Waals surface area contributed by atoms with E-state index in [1.54, 1.807) is 12.1 Å². The molecule has 5 atom stereocenters. The number of hydrogen-bond donors (Lipinski definition) is 3. The summed E-state index contributed by atoms with van der Waals surface area (Å²) in [6.45, 7) is 1.91. The second kappa shape index (κ2) is 8.27. The normalized spacial score (nSPS) is 33.3. The molecule has 3 N–H and O–H groups in total. The molecule has 1 spiro atoms. The summed E-state index contributed by atoms with van der Waals surface area (Å²) in [6, 6.07) is 9.66. The quantitative estimate of drug-likeness (QED) is 0.504. The maximum atomic E-state index is 13.3. The second-order valence-electron chi connectivity index (χ2n) is 11.6. The number of amides is 2. The Balaban J connectivity index is 1.25. The van der Waals surface area contributed by atoms with Crippen molar-refractivity contribution in [2.45, 2.75) is 74.1 Å². The molecule has 2 heterocycles. The molecule has 0 aromatic heterocycles. The summed E-state index contributed by atoms with van der Waals surface area (Å²) in [5.41, 5.74) is 1.92. The van der Waals surface area contributed by atoms with Crippen molar-refractivity contribution in [1.82, 2.24) is 10.2 Å². The number of carbonyl (C=O) groups excluding carboxylic acids is 2. The van der Waals surface area contributed by atoms with Gasteiger partial charge >= 0.3 is 0 Å². The number of carbonyl (C=O) groups is 2. The van der Waals surface area contributed by atoms with Gasteiger partial charge in [0.15, 0.2) is 0 Å². The van der Waals surface area contributed by atoms with Crippen LogP contribution in [0.3, 0.4) is 0 Å². The molecule has 194 valence electrons. The first kappa shape index (κ1) is 23.2. The van der Waals surface area contributed by atoms with Gasteiger partial charge in [0, 0.05) is 18.2 Å². The molecular formula is C29H32FN3O4. The van der Waals surface area contributed by atoms with Crippen LogP contribution in [0, 0.1) is 11.7 Å². The number of anilines is 1. The van der Waals surface area contributed by atoms with E-state index in [2.05, 4.69) is 21.6 Å². The number of piperidine rings is 1. The minimum Gasteiger partial charge on any atom is -0.485 e. The molecule has 3 aliphatic carbocycles. The van der Waals surface area contributed by atoms with Gasteiger partial charge in [-0.25, -0.2) is 4.39 Å². The monoisotopic (exact) mass is 505 g/mol. The molecule has 2 aromatic rings. The molecule has 37 heavy (non-hydrogen) atoms. The van der Waals surface area contributed by atoms with E-state index in [9.17, 15) is 19.1 Å². The van der Waals surface area contributed by atoms with Gasteiger partial charge in [-0.05, 0) is 80.3 Å². The number of halogens is 1. The molecule has 2 aromatic carbocycles. The van der Waals surface area contributed by atoms with Crippen molar-refractivity contribution in [3.63, 3.8) is 0 Å². The Morgan fingerprint density at radius 2 is 1.97 bits per heavy atom. The van der Waals surface area contributed by atoms with E-state index in [0.29, 0.717) is 30.7 Å². The molecule has 1 saturated heterocycles. The van der Waals surface area contributed by atoms with Gasteiger partial charge in [-0.1, -0.05) is 18.2 Å². The third-order valence-corrected chi connectivity index (χ3v) is 9.62. The van der Waals surface area contributed by atoms with Crippen molar-refractivity contribution in [3.05, 3.63) is 58.9 Å². The second-order valence-corrected chi connectivity index (χ2v) is 11.6. The molecule has 7 rings (SSSR count). The van der Waals surface area contributed by atoms with Crippen LogP contribution in [-0.2, 0) is 27.8 Å². The minimum absolute atomic E-state index is 0.00662. The average Bonchev–Trinajstić information content (AvgIpc) is 3.62. The lowest BCUT2D eigenvalue weighted by molar-refractivity contribution is -0.192. The lowest BCUT2D eigenvalue weighted by atomic mass is 9.48. The number of ether oxygens (including phenoxy) is 1. The Kier molecular flexibility index (Phi) is 5.18. The number of benzene rings is 2. The molecule has 3 fully saturated rings. The highest BCUT2D eigenvalue weighted by atomic mass is 19.1. The Labute approximate surface area is 215 Å². The number of rotatable bonds is 7. The molecule has 5 aliphatic rings. The predicted octanol–water partition coefficient (Wildman–Crippen LogP) is 2.69. The molecule has 2 unspecified atom stereocenters. The van der Waals surface area contributed by atoms with Crippen molar-refractivity contribution >= 4 is 18.0 Å². The molecule has 8 heteroatoms. The first-order valence-electron chi connectivity index (χ1n) is 13.5. The van der Waals surface area contributed by atoms with Crippen LogP contribution in [0.1, 0.15) is 48.8 Å². The van der Waals surface area contributed by atoms with Crippen LogP contribution < -0.4 is 15.4 Å². The minimum atomic E-state index is -0.971. The summed E-state index contributed by atoms with van der Waals surface area (Å²) in [6.07, 6.45) is 5.57. The maximum Gasteiger partial charge on any atom is 0.224 e. The van der Waals surface area contributed by atoms with E-state index in [1.165, 1.54) is 30.5 Å². The summed E-state index contributed by atoms with van der Waals surface area (Å²) in [4.78, 5) is 27.0. The van der Waals surface area contributed by atoms with Crippen molar-refractivity contribution in [3.8, 4) is 5.75 Å². The van der Waals surface area contributed by atoms with E-state index >= 15 is 0 Å². The molecular weight excluding hydrogens is 473 g/mol. The Hall–Kier alpha value is -2.97. The average molecular weight is 506 g/mol. The molecule has 0 radical (unpaired) electrons. The summed E-state index contributed by atoms with van der Waals surface area (Å²) >= 11 is 0. The third kappa shape index (κ3) is 3.38. The van der Waals surface area contributed by atoms with Gasteiger partial charge in [-0.2, -0.15) is 0 Å². The topological polar surface area (TPSA) is 90.9 Å². The van der Waals surface area contributed by atoms with Crippen molar-refractivity contribution in [1.29, 1.82) is 0 Å². The standard InChI is InChI=1S/C29H32FN3O4/c30-20-6-3-17(4-7-20)13-24(35)32-22-9-10-29(36)23-14-19-5-8-21(31-16-34)26-25(19)28(29,27(22)37-26)11-12-33(23)15-18-1-2-18/h3-8,16,18,22-23,27,36H,1-2,9-15H2,(H,31,34)(H,32,35)/t22?,23-,27?,28+,29-/m1/s1. The van der Waals surface area contributed by atoms with E-state index in [4.69, 9.17) is 4.74 Å². The highest BCUT2D eigenvalue weighted by Gasteiger charge is 2.73. The molecule has 2 aliphatic heterocycles. The number of nitrogens with zero attached hydrogens (tertiary/aromatic N) is 1. The van der Waals surface area contributed by atoms with Crippen LogP contribution in [0.2, 0.25) is 0 Å². The van der Waals surface area contributed by atoms with Gasteiger partial charge in [0.05, 0.1) is 29.2 Å². The van der Waals surface area contributed by atoms with Crippen LogP contribution in [-0.4, -0.2) is 59.2 Å². The number of hydrogen-bond acceptors (Lipinski definition) is 5. The van der Waals surface area contributed by atoms with Gasteiger partial charge in [0.2, 0.25) is 12.3 Å². The van der Waals surface area contributed by atoms with Gasteiger partial charge in [-0.15, -0.1) is 0 Å². The smallest absolute Gasteiger partial charge is 0.224 e. The van der Waals surface area contributed by atoms with Crippen LogP contribution in [0.25, 0.3) is 0 Å². The van der Waals surface area contributed by atoms with E-state index < -0.39 is 17.1 Å². The Bertz CT molecular complexity index is 1260. The van der Waals surface area contributed by atoms with Crippen LogP contribution >= 0.6 is 0 Å². The maximum absolute atomic E-state index is 13.3. The fraction of sp³-hybridized carbons (Fsp3) is 0.517. The van der Waals surface area contributed by atoms with Crippen LogP contribution in [0.15, 0.2) is 36.4 Å². The SMILES string of the molecule is O=CNc1ccc2c3c1OC1C(NC(=O)Cc4ccc(F)cc4)CC[C@@]4(O)[C@@H](C2)N(CC2CC2)CC[C@]314. The molecule has 7 nitrogen and oxygen atoms in total. The predicted molar refractivity (Wildman–Crippen MR) is 135 cm³/mol.